The summed E-state index contributed by atoms with van der Waals surface area (Å²) < 4.78 is 1.62. The fourth-order valence-corrected chi connectivity index (χ4v) is 3.85. The van der Waals surface area contributed by atoms with Crippen LogP contribution in [0.15, 0.2) is 53.3 Å². The van der Waals surface area contributed by atoms with Gasteiger partial charge in [-0.15, -0.1) is 0 Å². The molecule has 5 heteroatoms. The third kappa shape index (κ3) is 3.94. The third-order valence-corrected chi connectivity index (χ3v) is 5.34. The summed E-state index contributed by atoms with van der Waals surface area (Å²) in [6.45, 7) is 9.57. The molecule has 1 aromatic heterocycles. The molecule has 4 rings (SSSR count). The van der Waals surface area contributed by atoms with Crippen LogP contribution >= 0.6 is 0 Å². The number of aryl methyl sites for hydroxylation is 2. The molecule has 0 aliphatic carbocycles. The van der Waals surface area contributed by atoms with Gasteiger partial charge < -0.3 is 0 Å². The lowest BCUT2D eigenvalue weighted by atomic mass is 10.1. The van der Waals surface area contributed by atoms with Gasteiger partial charge in [0.1, 0.15) is 0 Å². The van der Waals surface area contributed by atoms with E-state index in [1.807, 2.05) is 31.2 Å². The van der Waals surface area contributed by atoms with Crippen molar-refractivity contribution in [1.29, 1.82) is 0 Å². The van der Waals surface area contributed by atoms with Crippen molar-refractivity contribution in [3.63, 3.8) is 0 Å². The predicted molar refractivity (Wildman–Crippen MR) is 109 cm³/mol. The van der Waals surface area contributed by atoms with Crippen molar-refractivity contribution in [1.82, 2.24) is 19.6 Å². The molecular weight excluding hydrogens is 336 g/mol. The lowest BCUT2D eigenvalue weighted by molar-refractivity contribution is 0.0970. The minimum atomic E-state index is -0.00149. The van der Waals surface area contributed by atoms with Crippen LogP contribution in [-0.4, -0.2) is 45.8 Å². The van der Waals surface area contributed by atoms with Crippen molar-refractivity contribution in [3.8, 4) is 0 Å². The van der Waals surface area contributed by atoms with Crippen molar-refractivity contribution in [3.05, 3.63) is 75.7 Å². The first kappa shape index (κ1) is 17.9. The summed E-state index contributed by atoms with van der Waals surface area (Å²) in [6.07, 6.45) is 0. The minimum Gasteiger partial charge on any atom is -0.297 e. The van der Waals surface area contributed by atoms with Crippen LogP contribution in [0.25, 0.3) is 10.8 Å². The monoisotopic (exact) mass is 362 g/mol. The average Bonchev–Trinajstić information content (AvgIpc) is 2.67. The summed E-state index contributed by atoms with van der Waals surface area (Å²) in [5.41, 5.74) is 3.58. The van der Waals surface area contributed by atoms with Gasteiger partial charge in [0.2, 0.25) is 0 Å². The van der Waals surface area contributed by atoms with Crippen LogP contribution in [0.2, 0.25) is 0 Å². The summed E-state index contributed by atoms with van der Waals surface area (Å²) in [7, 11) is 0. The SMILES string of the molecule is Cc1cccc(CN2CCN(Cn3nc(C)c4ccccc4c3=O)CC2)c1. The van der Waals surface area contributed by atoms with Gasteiger partial charge in [0.25, 0.3) is 5.56 Å². The van der Waals surface area contributed by atoms with Gasteiger partial charge >= 0.3 is 0 Å². The lowest BCUT2D eigenvalue weighted by Crippen LogP contribution is -2.47. The van der Waals surface area contributed by atoms with Gasteiger partial charge in [-0.05, 0) is 25.5 Å². The van der Waals surface area contributed by atoms with Crippen molar-refractivity contribution in [2.45, 2.75) is 27.1 Å². The van der Waals surface area contributed by atoms with E-state index in [1.165, 1.54) is 11.1 Å². The molecule has 140 valence electrons. The van der Waals surface area contributed by atoms with Gasteiger partial charge in [0.05, 0.1) is 17.7 Å². The molecule has 0 atom stereocenters. The van der Waals surface area contributed by atoms with E-state index in [-0.39, 0.29) is 5.56 Å². The molecule has 0 saturated carbocycles. The Morgan fingerprint density at radius 3 is 2.33 bits per heavy atom. The molecule has 5 nitrogen and oxygen atoms in total. The number of hydrogen-bond acceptors (Lipinski definition) is 4. The van der Waals surface area contributed by atoms with Crippen LogP contribution in [0, 0.1) is 13.8 Å². The molecule has 1 aliphatic heterocycles. The van der Waals surface area contributed by atoms with Crippen LogP contribution in [-0.2, 0) is 13.2 Å². The molecule has 0 radical (unpaired) electrons. The number of rotatable bonds is 4. The number of benzene rings is 2. The minimum absolute atomic E-state index is 0.00149. The molecule has 1 saturated heterocycles. The number of fused-ring (bicyclic) bond motifs is 1. The van der Waals surface area contributed by atoms with E-state index in [0.29, 0.717) is 6.67 Å². The second-order valence-electron chi connectivity index (χ2n) is 7.46. The molecular formula is C22H26N4O. The summed E-state index contributed by atoms with van der Waals surface area (Å²) >= 11 is 0. The number of piperazine rings is 1. The van der Waals surface area contributed by atoms with Gasteiger partial charge in [-0.2, -0.15) is 5.10 Å². The zero-order chi connectivity index (χ0) is 18.8. The van der Waals surface area contributed by atoms with E-state index < -0.39 is 0 Å². The van der Waals surface area contributed by atoms with Gasteiger partial charge in [-0.1, -0.05) is 48.0 Å². The first-order valence-electron chi connectivity index (χ1n) is 9.57. The van der Waals surface area contributed by atoms with E-state index in [9.17, 15) is 4.79 Å². The van der Waals surface area contributed by atoms with E-state index in [4.69, 9.17) is 0 Å². The average molecular weight is 362 g/mol. The molecule has 0 bridgehead atoms. The Kier molecular flexibility index (Phi) is 5.05. The first-order valence-corrected chi connectivity index (χ1v) is 9.57. The van der Waals surface area contributed by atoms with Gasteiger partial charge in [0, 0.05) is 38.1 Å². The van der Waals surface area contributed by atoms with Crippen LogP contribution in [0.1, 0.15) is 16.8 Å². The highest BCUT2D eigenvalue weighted by atomic mass is 16.1. The Hall–Kier alpha value is -2.50. The van der Waals surface area contributed by atoms with E-state index in [1.54, 1.807) is 4.68 Å². The molecule has 27 heavy (non-hydrogen) atoms. The van der Waals surface area contributed by atoms with Crippen molar-refractivity contribution < 1.29 is 0 Å². The van der Waals surface area contributed by atoms with E-state index >= 15 is 0 Å². The maximum Gasteiger partial charge on any atom is 0.275 e. The zero-order valence-electron chi connectivity index (χ0n) is 16.1. The highest BCUT2D eigenvalue weighted by Crippen LogP contribution is 2.13. The molecule has 3 aromatic rings. The van der Waals surface area contributed by atoms with Crippen LogP contribution in [0.4, 0.5) is 0 Å². The Balaban J connectivity index is 1.42. The Bertz CT molecular complexity index is 1000. The molecule has 2 aromatic carbocycles. The topological polar surface area (TPSA) is 41.4 Å². The van der Waals surface area contributed by atoms with Crippen molar-refractivity contribution >= 4 is 10.8 Å². The zero-order valence-corrected chi connectivity index (χ0v) is 16.1. The van der Waals surface area contributed by atoms with Crippen LogP contribution in [0.5, 0.6) is 0 Å². The van der Waals surface area contributed by atoms with Crippen LogP contribution in [0.3, 0.4) is 0 Å². The highest BCUT2D eigenvalue weighted by Gasteiger charge is 2.18. The molecule has 2 heterocycles. The fraction of sp³-hybridized carbons (Fsp3) is 0.364. The number of hydrogen-bond donors (Lipinski definition) is 0. The molecule has 1 fully saturated rings. The Morgan fingerprint density at radius 2 is 1.59 bits per heavy atom. The van der Waals surface area contributed by atoms with Crippen LogP contribution < -0.4 is 5.56 Å². The summed E-state index contributed by atoms with van der Waals surface area (Å²) in [4.78, 5) is 17.5. The third-order valence-electron chi connectivity index (χ3n) is 5.34. The van der Waals surface area contributed by atoms with Crippen molar-refractivity contribution in [2.75, 3.05) is 26.2 Å². The molecule has 1 aliphatic rings. The summed E-state index contributed by atoms with van der Waals surface area (Å²) in [6, 6.07) is 16.4. The number of aromatic nitrogens is 2. The lowest BCUT2D eigenvalue weighted by Gasteiger charge is -2.34. The molecule has 0 spiro atoms. The summed E-state index contributed by atoms with van der Waals surface area (Å²) in [5.74, 6) is 0. The molecule has 0 amide bonds. The van der Waals surface area contributed by atoms with Gasteiger partial charge in [-0.25, -0.2) is 4.68 Å². The second kappa shape index (κ2) is 7.62. The predicted octanol–water partition coefficient (Wildman–Crippen LogP) is 2.79. The first-order chi connectivity index (χ1) is 13.1. The van der Waals surface area contributed by atoms with Crippen molar-refractivity contribution in [2.24, 2.45) is 0 Å². The maximum atomic E-state index is 12.8. The van der Waals surface area contributed by atoms with E-state index in [0.717, 1.165) is 49.2 Å². The molecule has 0 N–H and O–H groups in total. The quantitative estimate of drug-likeness (QED) is 0.716. The molecule has 0 unspecified atom stereocenters. The fourth-order valence-electron chi connectivity index (χ4n) is 3.85. The summed E-state index contributed by atoms with van der Waals surface area (Å²) in [5, 5.41) is 6.24. The van der Waals surface area contributed by atoms with Gasteiger partial charge in [-0.3, -0.25) is 14.6 Å². The normalized spacial score (nSPS) is 16.1. The highest BCUT2D eigenvalue weighted by molar-refractivity contribution is 5.83. The largest absolute Gasteiger partial charge is 0.297 e. The Morgan fingerprint density at radius 1 is 0.889 bits per heavy atom. The second-order valence-corrected chi connectivity index (χ2v) is 7.46. The standard InChI is InChI=1S/C22H26N4O/c1-17-6-5-7-19(14-17)15-24-10-12-25(13-11-24)16-26-22(27)21-9-4-3-8-20(21)18(2)23-26/h3-9,14H,10-13,15-16H2,1-2H3. The maximum absolute atomic E-state index is 12.8. The number of nitrogens with zero attached hydrogens (tertiary/aromatic N) is 4. The van der Waals surface area contributed by atoms with Gasteiger partial charge in [0.15, 0.2) is 0 Å². The van der Waals surface area contributed by atoms with E-state index in [2.05, 4.69) is 46.1 Å². The Labute approximate surface area is 159 Å². The smallest absolute Gasteiger partial charge is 0.275 e.